The number of carbonyl (C=O) groups is 2. The molecule has 1 amide bonds. The van der Waals surface area contributed by atoms with Gasteiger partial charge in [-0.2, -0.15) is 0 Å². The van der Waals surface area contributed by atoms with Gasteiger partial charge in [0.05, 0.1) is 13.2 Å². The van der Waals surface area contributed by atoms with E-state index in [1.165, 1.54) is 38.5 Å². The van der Waals surface area contributed by atoms with Crippen molar-refractivity contribution in [1.29, 1.82) is 0 Å². The maximum absolute atomic E-state index is 12.0. The maximum Gasteiger partial charge on any atom is 0.472 e. The Bertz CT molecular complexity index is 815. The Hall–Kier alpha value is -1.77. The number of hydrogen-bond donors (Lipinski definition) is 3. The molecule has 0 radical (unpaired) electrons. The summed E-state index contributed by atoms with van der Waals surface area (Å²) in [5.74, 6) is -0.553. The Kier molecular flexibility index (Phi) is 29.0. The summed E-state index contributed by atoms with van der Waals surface area (Å²) in [6.07, 6.45) is 29.4. The van der Waals surface area contributed by atoms with Crippen LogP contribution in [-0.4, -0.2) is 54.3 Å². The minimum absolute atomic E-state index is 0.0657. The third-order valence-corrected chi connectivity index (χ3v) is 7.57. The van der Waals surface area contributed by atoms with Crippen molar-refractivity contribution in [2.24, 2.45) is 0 Å². The van der Waals surface area contributed by atoms with Crippen molar-refractivity contribution in [2.75, 3.05) is 26.4 Å². The van der Waals surface area contributed by atoms with Crippen molar-refractivity contribution in [1.82, 2.24) is 5.32 Å². The number of hydrogen-bond acceptors (Lipinski definition) is 7. The number of unbranched alkanes of at least 4 members (excludes halogenated alkanes) is 11. The van der Waals surface area contributed by atoms with Crippen molar-refractivity contribution >= 4 is 19.7 Å². The van der Waals surface area contributed by atoms with E-state index in [1.54, 1.807) is 0 Å². The van der Waals surface area contributed by atoms with E-state index in [0.29, 0.717) is 6.42 Å². The smallest absolute Gasteiger partial charge is 0.463 e. The van der Waals surface area contributed by atoms with Gasteiger partial charge in [-0.15, -0.1) is 0 Å². The number of phosphoric acid groups is 1. The van der Waals surface area contributed by atoms with Crippen LogP contribution in [0.25, 0.3) is 0 Å². The first-order valence-electron chi connectivity index (χ1n) is 16.5. The number of amides is 1. The van der Waals surface area contributed by atoms with Gasteiger partial charge in [0.15, 0.2) is 0 Å². The van der Waals surface area contributed by atoms with E-state index in [-0.39, 0.29) is 32.1 Å². The lowest BCUT2D eigenvalue weighted by Gasteiger charge is -2.15. The predicted molar refractivity (Wildman–Crippen MR) is 174 cm³/mol. The monoisotopic (exact) mass is 629 g/mol. The van der Waals surface area contributed by atoms with Crippen molar-refractivity contribution in [2.45, 2.75) is 136 Å². The standard InChI is InChI=1S/C33H60NO8P/c1-3-5-7-9-11-13-14-15-16-18-19-21-23-25-32(36)34-27-28-41-43(38,39)42-30-31(35)29-40-33(37)26-24-22-20-17-12-10-8-6-4-2/h5,7,11,13,15-16,31,35H,3-4,6,8-10,12,14,17-30H2,1-2H3,(H,34,36)(H,38,39)/b7-5-,13-11-,16-15-. The van der Waals surface area contributed by atoms with Crippen LogP contribution in [-0.2, 0) is 27.9 Å². The molecule has 0 aromatic heterocycles. The average molecular weight is 630 g/mol. The molecule has 9 nitrogen and oxygen atoms in total. The van der Waals surface area contributed by atoms with E-state index in [1.807, 2.05) is 0 Å². The van der Waals surface area contributed by atoms with Gasteiger partial charge in [-0.05, 0) is 44.9 Å². The van der Waals surface area contributed by atoms with Gasteiger partial charge in [-0.25, -0.2) is 4.57 Å². The maximum atomic E-state index is 12.0. The number of nitrogens with one attached hydrogen (secondary N) is 1. The summed E-state index contributed by atoms with van der Waals surface area (Å²) in [4.78, 5) is 33.5. The van der Waals surface area contributed by atoms with Crippen LogP contribution in [0.4, 0.5) is 0 Å². The normalized spacial score (nSPS) is 14.0. The fourth-order valence-corrected chi connectivity index (χ4v) is 4.85. The van der Waals surface area contributed by atoms with E-state index in [4.69, 9.17) is 13.8 Å². The highest BCUT2D eigenvalue weighted by Crippen LogP contribution is 2.42. The second kappa shape index (κ2) is 30.3. The van der Waals surface area contributed by atoms with Crippen LogP contribution in [0.3, 0.4) is 0 Å². The SMILES string of the molecule is CC/C=C\C/C=C\C/C=C\CCCCCC(=O)NCCOP(=O)(O)OCC(O)COC(=O)CCCCCCCCCCC. The molecule has 43 heavy (non-hydrogen) atoms. The first-order valence-corrected chi connectivity index (χ1v) is 18.0. The van der Waals surface area contributed by atoms with E-state index in [0.717, 1.165) is 64.2 Å². The van der Waals surface area contributed by atoms with Gasteiger partial charge in [0.25, 0.3) is 0 Å². The Morgan fingerprint density at radius 3 is 2.00 bits per heavy atom. The zero-order valence-corrected chi connectivity index (χ0v) is 27.8. The molecule has 0 saturated carbocycles. The molecule has 0 bridgehead atoms. The number of ether oxygens (including phenoxy) is 1. The Morgan fingerprint density at radius 1 is 0.744 bits per heavy atom. The number of allylic oxidation sites excluding steroid dienone is 6. The van der Waals surface area contributed by atoms with Crippen LogP contribution >= 0.6 is 7.82 Å². The number of aliphatic hydroxyl groups excluding tert-OH is 1. The average Bonchev–Trinajstić information content (AvgIpc) is 2.98. The zero-order chi connectivity index (χ0) is 31.9. The molecule has 0 rings (SSSR count). The van der Waals surface area contributed by atoms with Crippen molar-refractivity contribution in [3.63, 3.8) is 0 Å². The van der Waals surface area contributed by atoms with Gasteiger partial charge >= 0.3 is 13.8 Å². The first-order chi connectivity index (χ1) is 20.8. The van der Waals surface area contributed by atoms with Crippen LogP contribution in [0, 0.1) is 0 Å². The molecule has 2 atom stereocenters. The molecule has 0 fully saturated rings. The lowest BCUT2D eigenvalue weighted by molar-refractivity contribution is -0.147. The van der Waals surface area contributed by atoms with Crippen LogP contribution in [0.5, 0.6) is 0 Å². The van der Waals surface area contributed by atoms with Gasteiger partial charge in [-0.3, -0.25) is 18.6 Å². The minimum Gasteiger partial charge on any atom is -0.463 e. The number of phosphoric ester groups is 1. The lowest BCUT2D eigenvalue weighted by atomic mass is 10.1. The highest BCUT2D eigenvalue weighted by atomic mass is 31.2. The fourth-order valence-electron chi connectivity index (χ4n) is 4.10. The molecular formula is C33H60NO8P. The van der Waals surface area contributed by atoms with Gasteiger partial charge in [0.1, 0.15) is 12.7 Å². The number of rotatable bonds is 30. The summed E-state index contributed by atoms with van der Waals surface area (Å²) in [6.45, 7) is 3.34. The largest absolute Gasteiger partial charge is 0.472 e. The highest BCUT2D eigenvalue weighted by Gasteiger charge is 2.23. The van der Waals surface area contributed by atoms with Crippen molar-refractivity contribution in [3.8, 4) is 0 Å². The molecule has 3 N–H and O–H groups in total. The molecule has 0 spiro atoms. The summed E-state index contributed by atoms with van der Waals surface area (Å²) in [6, 6.07) is 0. The molecule has 250 valence electrons. The van der Waals surface area contributed by atoms with Crippen LogP contribution in [0.15, 0.2) is 36.5 Å². The Labute approximate surface area is 261 Å². The van der Waals surface area contributed by atoms with Crippen LogP contribution in [0.2, 0.25) is 0 Å². The molecule has 0 heterocycles. The van der Waals surface area contributed by atoms with E-state index in [2.05, 4.69) is 55.6 Å². The Balaban J connectivity index is 3.71. The van der Waals surface area contributed by atoms with Crippen molar-refractivity contribution in [3.05, 3.63) is 36.5 Å². The van der Waals surface area contributed by atoms with E-state index in [9.17, 15) is 24.2 Å². The number of esters is 1. The quantitative estimate of drug-likeness (QED) is 0.0317. The van der Waals surface area contributed by atoms with Gasteiger partial charge in [0, 0.05) is 19.4 Å². The molecule has 2 unspecified atom stereocenters. The summed E-state index contributed by atoms with van der Waals surface area (Å²) >= 11 is 0. The molecule has 0 aromatic rings. The third kappa shape index (κ3) is 31.5. The molecule has 0 aliphatic rings. The third-order valence-electron chi connectivity index (χ3n) is 6.58. The van der Waals surface area contributed by atoms with Crippen molar-refractivity contribution < 1.29 is 37.9 Å². The summed E-state index contributed by atoms with van der Waals surface area (Å²) in [5, 5.41) is 12.5. The second-order valence-corrected chi connectivity index (χ2v) is 12.2. The zero-order valence-electron chi connectivity index (χ0n) is 26.9. The molecule has 0 aliphatic heterocycles. The molecule has 0 aromatic carbocycles. The highest BCUT2D eigenvalue weighted by molar-refractivity contribution is 7.47. The van der Waals surface area contributed by atoms with Gasteiger partial charge in [-0.1, -0.05) is 108 Å². The fraction of sp³-hybridized carbons (Fsp3) is 0.758. The van der Waals surface area contributed by atoms with E-state index >= 15 is 0 Å². The minimum atomic E-state index is -4.41. The van der Waals surface area contributed by atoms with Gasteiger partial charge < -0.3 is 20.1 Å². The molecular weight excluding hydrogens is 569 g/mol. The van der Waals surface area contributed by atoms with E-state index < -0.39 is 26.5 Å². The summed E-state index contributed by atoms with van der Waals surface area (Å²) < 4.78 is 26.6. The van der Waals surface area contributed by atoms with Crippen LogP contribution < -0.4 is 5.32 Å². The predicted octanol–water partition coefficient (Wildman–Crippen LogP) is 7.87. The van der Waals surface area contributed by atoms with Gasteiger partial charge in [0.2, 0.25) is 5.91 Å². The second-order valence-electron chi connectivity index (χ2n) is 10.8. The molecule has 10 heteroatoms. The van der Waals surface area contributed by atoms with Crippen LogP contribution in [0.1, 0.15) is 129 Å². The number of carbonyl (C=O) groups excluding carboxylic acids is 2. The lowest BCUT2D eigenvalue weighted by Crippen LogP contribution is -2.27. The number of aliphatic hydroxyl groups is 1. The first kappa shape index (κ1) is 41.2. The Morgan fingerprint density at radius 2 is 1.33 bits per heavy atom. The summed E-state index contributed by atoms with van der Waals surface area (Å²) in [7, 11) is -4.41. The molecule has 0 aliphatic carbocycles. The molecule has 0 saturated heterocycles. The topological polar surface area (TPSA) is 131 Å². The summed E-state index contributed by atoms with van der Waals surface area (Å²) in [5.41, 5.74) is 0.